The highest BCUT2D eigenvalue weighted by atomic mass is 16.6. The minimum Gasteiger partial charge on any atom is -0.445 e. The SMILES string of the molecule is O=C(OCc1ccccc1)N1CCC(c2cccc(-c3ccccc3)c2)CC1. The lowest BCUT2D eigenvalue weighted by Gasteiger charge is -2.31. The fraction of sp³-hybridized carbons (Fsp3) is 0.240. The van der Waals surface area contributed by atoms with Crippen LogP contribution in [0.3, 0.4) is 0 Å². The number of piperidine rings is 1. The van der Waals surface area contributed by atoms with E-state index in [2.05, 4.69) is 48.5 Å². The second-order valence-electron chi connectivity index (χ2n) is 7.29. The van der Waals surface area contributed by atoms with Crippen LogP contribution >= 0.6 is 0 Å². The van der Waals surface area contributed by atoms with E-state index in [1.807, 2.05) is 41.3 Å². The van der Waals surface area contributed by atoms with Gasteiger partial charge in [0.05, 0.1) is 0 Å². The van der Waals surface area contributed by atoms with Crippen molar-refractivity contribution in [3.05, 3.63) is 96.1 Å². The molecule has 4 rings (SSSR count). The van der Waals surface area contributed by atoms with Gasteiger partial charge in [-0.2, -0.15) is 0 Å². The third kappa shape index (κ3) is 4.42. The topological polar surface area (TPSA) is 29.5 Å². The quantitative estimate of drug-likeness (QED) is 0.574. The van der Waals surface area contributed by atoms with Gasteiger partial charge in [-0.1, -0.05) is 84.9 Å². The van der Waals surface area contributed by atoms with Gasteiger partial charge in [0.1, 0.15) is 6.61 Å². The highest BCUT2D eigenvalue weighted by Gasteiger charge is 2.24. The molecule has 0 unspecified atom stereocenters. The van der Waals surface area contributed by atoms with Crippen LogP contribution in [0.1, 0.15) is 29.9 Å². The second-order valence-corrected chi connectivity index (χ2v) is 7.29. The zero-order valence-corrected chi connectivity index (χ0v) is 16.0. The number of carbonyl (C=O) groups is 1. The molecule has 1 aliphatic heterocycles. The van der Waals surface area contributed by atoms with E-state index in [0.717, 1.165) is 31.5 Å². The van der Waals surface area contributed by atoms with Gasteiger partial charge >= 0.3 is 6.09 Å². The molecule has 1 amide bonds. The Morgan fingerprint density at radius 1 is 0.821 bits per heavy atom. The molecular formula is C25H25NO2. The van der Waals surface area contributed by atoms with Crippen molar-refractivity contribution in [2.24, 2.45) is 0 Å². The molecular weight excluding hydrogens is 346 g/mol. The number of nitrogens with zero attached hydrogens (tertiary/aromatic N) is 1. The van der Waals surface area contributed by atoms with E-state index in [1.54, 1.807) is 0 Å². The average molecular weight is 371 g/mol. The molecule has 3 aromatic carbocycles. The van der Waals surface area contributed by atoms with E-state index in [4.69, 9.17) is 4.74 Å². The fourth-order valence-electron chi connectivity index (χ4n) is 3.81. The van der Waals surface area contributed by atoms with Crippen LogP contribution in [0, 0.1) is 0 Å². The predicted octanol–water partition coefficient (Wildman–Crippen LogP) is 5.87. The first-order chi connectivity index (χ1) is 13.8. The number of amides is 1. The van der Waals surface area contributed by atoms with Crippen LogP contribution in [-0.2, 0) is 11.3 Å². The maximum absolute atomic E-state index is 12.4. The Hall–Kier alpha value is -3.07. The summed E-state index contributed by atoms with van der Waals surface area (Å²) in [6.45, 7) is 1.82. The molecule has 1 fully saturated rings. The molecule has 0 aliphatic carbocycles. The third-order valence-corrected chi connectivity index (χ3v) is 5.42. The summed E-state index contributed by atoms with van der Waals surface area (Å²) in [4.78, 5) is 14.2. The maximum Gasteiger partial charge on any atom is 0.410 e. The van der Waals surface area contributed by atoms with Gasteiger partial charge in [0, 0.05) is 13.1 Å². The van der Waals surface area contributed by atoms with Crippen molar-refractivity contribution < 1.29 is 9.53 Å². The maximum atomic E-state index is 12.4. The summed E-state index contributed by atoms with van der Waals surface area (Å²) in [7, 11) is 0. The summed E-state index contributed by atoms with van der Waals surface area (Å²) in [5.74, 6) is 0.488. The standard InChI is InChI=1S/C25H25NO2/c27-25(28-19-20-8-3-1-4-9-20)26-16-14-22(15-17-26)24-13-7-12-23(18-24)21-10-5-2-6-11-21/h1-13,18,22H,14-17,19H2. The lowest BCUT2D eigenvalue weighted by Crippen LogP contribution is -2.38. The van der Waals surface area contributed by atoms with Crippen LogP contribution in [0.5, 0.6) is 0 Å². The zero-order valence-electron chi connectivity index (χ0n) is 16.0. The Labute approximate surface area is 166 Å². The van der Waals surface area contributed by atoms with E-state index in [-0.39, 0.29) is 6.09 Å². The number of benzene rings is 3. The van der Waals surface area contributed by atoms with Crippen molar-refractivity contribution in [2.75, 3.05) is 13.1 Å². The molecule has 28 heavy (non-hydrogen) atoms. The molecule has 0 atom stereocenters. The van der Waals surface area contributed by atoms with Crippen LogP contribution < -0.4 is 0 Å². The van der Waals surface area contributed by atoms with Crippen molar-refractivity contribution >= 4 is 6.09 Å². The Balaban J connectivity index is 1.33. The summed E-state index contributed by atoms with van der Waals surface area (Å²) in [5, 5.41) is 0. The molecule has 1 heterocycles. The third-order valence-electron chi connectivity index (χ3n) is 5.42. The molecule has 0 spiro atoms. The van der Waals surface area contributed by atoms with Crippen molar-refractivity contribution in [1.29, 1.82) is 0 Å². The van der Waals surface area contributed by atoms with Gasteiger partial charge in [0.15, 0.2) is 0 Å². The van der Waals surface area contributed by atoms with Crippen molar-refractivity contribution in [3.8, 4) is 11.1 Å². The Morgan fingerprint density at radius 3 is 2.18 bits per heavy atom. The van der Waals surface area contributed by atoms with Crippen LogP contribution in [0.25, 0.3) is 11.1 Å². The summed E-state index contributed by atoms with van der Waals surface area (Å²) in [6.07, 6.45) is 1.73. The number of carbonyl (C=O) groups excluding carboxylic acids is 1. The average Bonchev–Trinajstić information content (AvgIpc) is 2.79. The van der Waals surface area contributed by atoms with E-state index in [1.165, 1.54) is 16.7 Å². The van der Waals surface area contributed by atoms with E-state index in [9.17, 15) is 4.79 Å². The predicted molar refractivity (Wildman–Crippen MR) is 112 cm³/mol. The number of ether oxygens (including phenoxy) is 1. The van der Waals surface area contributed by atoms with E-state index >= 15 is 0 Å². The summed E-state index contributed by atoms with van der Waals surface area (Å²) < 4.78 is 5.47. The number of hydrogen-bond donors (Lipinski definition) is 0. The minimum absolute atomic E-state index is 0.208. The number of rotatable bonds is 4. The van der Waals surface area contributed by atoms with Gasteiger partial charge in [-0.15, -0.1) is 0 Å². The normalized spacial score (nSPS) is 14.6. The van der Waals surface area contributed by atoms with Gasteiger partial charge in [-0.3, -0.25) is 0 Å². The minimum atomic E-state index is -0.208. The molecule has 0 aromatic heterocycles. The van der Waals surface area contributed by atoms with Gasteiger partial charge < -0.3 is 9.64 Å². The van der Waals surface area contributed by atoms with Crippen molar-refractivity contribution in [3.63, 3.8) is 0 Å². The first kappa shape index (κ1) is 18.3. The van der Waals surface area contributed by atoms with Crippen LogP contribution in [-0.4, -0.2) is 24.1 Å². The molecule has 0 saturated carbocycles. The van der Waals surface area contributed by atoms with Crippen molar-refractivity contribution in [1.82, 2.24) is 4.90 Å². The summed E-state index contributed by atoms with van der Waals surface area (Å²) in [5.41, 5.74) is 4.87. The van der Waals surface area contributed by atoms with Crippen LogP contribution in [0.15, 0.2) is 84.9 Å². The summed E-state index contributed by atoms with van der Waals surface area (Å²) in [6, 6.07) is 29.1. The molecule has 1 saturated heterocycles. The first-order valence-electron chi connectivity index (χ1n) is 9.90. The molecule has 142 valence electrons. The molecule has 3 aromatic rings. The molecule has 0 bridgehead atoms. The highest BCUT2D eigenvalue weighted by molar-refractivity contribution is 5.68. The molecule has 3 heteroatoms. The van der Waals surface area contributed by atoms with Gasteiger partial charge in [0.2, 0.25) is 0 Å². The first-order valence-corrected chi connectivity index (χ1v) is 9.90. The smallest absolute Gasteiger partial charge is 0.410 e. The van der Waals surface area contributed by atoms with Gasteiger partial charge in [-0.25, -0.2) is 4.79 Å². The molecule has 1 aliphatic rings. The second kappa shape index (κ2) is 8.75. The van der Waals surface area contributed by atoms with Gasteiger partial charge in [-0.05, 0) is 41.0 Å². The monoisotopic (exact) mass is 371 g/mol. The Morgan fingerprint density at radius 2 is 1.46 bits per heavy atom. The molecule has 0 radical (unpaired) electrons. The Kier molecular flexibility index (Phi) is 5.72. The van der Waals surface area contributed by atoms with Gasteiger partial charge in [0.25, 0.3) is 0 Å². The molecule has 3 nitrogen and oxygen atoms in total. The van der Waals surface area contributed by atoms with E-state index < -0.39 is 0 Å². The number of likely N-dealkylation sites (tertiary alicyclic amines) is 1. The Bertz CT molecular complexity index is 900. The van der Waals surface area contributed by atoms with E-state index in [0.29, 0.717) is 12.5 Å². The largest absolute Gasteiger partial charge is 0.445 e. The number of hydrogen-bond acceptors (Lipinski definition) is 2. The highest BCUT2D eigenvalue weighted by Crippen LogP contribution is 2.31. The molecule has 0 N–H and O–H groups in total. The van der Waals surface area contributed by atoms with Crippen molar-refractivity contribution in [2.45, 2.75) is 25.4 Å². The van der Waals surface area contributed by atoms with Crippen LogP contribution in [0.4, 0.5) is 4.79 Å². The fourth-order valence-corrected chi connectivity index (χ4v) is 3.81. The lowest BCUT2D eigenvalue weighted by molar-refractivity contribution is 0.0870. The van der Waals surface area contributed by atoms with Crippen LogP contribution in [0.2, 0.25) is 0 Å². The summed E-state index contributed by atoms with van der Waals surface area (Å²) >= 11 is 0. The lowest BCUT2D eigenvalue weighted by atomic mass is 9.88. The zero-order chi connectivity index (χ0) is 19.2.